The van der Waals surface area contributed by atoms with E-state index in [2.05, 4.69) is 0 Å². The molecule has 0 saturated carbocycles. The molecular formula is C10H15NOS. The molecule has 1 aromatic rings. The van der Waals surface area contributed by atoms with Crippen molar-refractivity contribution < 1.29 is 4.79 Å². The zero-order valence-electron chi connectivity index (χ0n) is 7.99. The number of thiophene rings is 1. The Balaban J connectivity index is 2.58. The van der Waals surface area contributed by atoms with Gasteiger partial charge in [0, 0.05) is 11.3 Å². The number of rotatable bonds is 4. The molecular weight excluding hydrogens is 182 g/mol. The molecule has 1 atom stereocenters. The largest absolute Gasteiger partial charge is 0.317 e. The van der Waals surface area contributed by atoms with Gasteiger partial charge in [-0.25, -0.2) is 0 Å². The lowest BCUT2D eigenvalue weighted by molar-refractivity contribution is -0.121. The Bertz CT molecular complexity index is 266. The van der Waals surface area contributed by atoms with Crippen molar-refractivity contribution in [1.29, 1.82) is 0 Å². The lowest BCUT2D eigenvalue weighted by Crippen LogP contribution is -2.21. The molecule has 0 aliphatic heterocycles. The number of hydrogen-bond donors (Lipinski definition) is 1. The van der Waals surface area contributed by atoms with Crippen LogP contribution in [0.15, 0.2) is 17.5 Å². The summed E-state index contributed by atoms with van der Waals surface area (Å²) in [6.07, 6.45) is 0.569. The first-order valence-corrected chi connectivity index (χ1v) is 5.31. The van der Waals surface area contributed by atoms with Crippen LogP contribution in [0.2, 0.25) is 0 Å². The van der Waals surface area contributed by atoms with Crippen molar-refractivity contribution in [2.45, 2.75) is 26.3 Å². The van der Waals surface area contributed by atoms with Crippen LogP contribution in [0.3, 0.4) is 0 Å². The molecule has 0 bridgehead atoms. The Morgan fingerprint density at radius 1 is 1.62 bits per heavy atom. The maximum atomic E-state index is 11.5. The summed E-state index contributed by atoms with van der Waals surface area (Å²) in [5.41, 5.74) is 5.79. The third kappa shape index (κ3) is 2.94. The Morgan fingerprint density at radius 2 is 2.31 bits per heavy atom. The van der Waals surface area contributed by atoms with E-state index in [1.807, 2.05) is 31.4 Å². The van der Waals surface area contributed by atoms with Crippen molar-refractivity contribution in [2.24, 2.45) is 11.7 Å². The quantitative estimate of drug-likeness (QED) is 0.805. The number of carbonyl (C=O) groups is 1. The van der Waals surface area contributed by atoms with Gasteiger partial charge in [-0.15, -0.1) is 11.3 Å². The smallest absolute Gasteiger partial charge is 0.155 e. The van der Waals surface area contributed by atoms with Crippen LogP contribution in [0.4, 0.5) is 0 Å². The highest BCUT2D eigenvalue weighted by Crippen LogP contribution is 2.19. The highest BCUT2D eigenvalue weighted by atomic mass is 32.1. The van der Waals surface area contributed by atoms with Crippen molar-refractivity contribution in [3.05, 3.63) is 22.4 Å². The van der Waals surface area contributed by atoms with E-state index in [1.54, 1.807) is 11.3 Å². The maximum absolute atomic E-state index is 11.5. The fourth-order valence-corrected chi connectivity index (χ4v) is 1.91. The normalized spacial score (nSPS) is 13.2. The molecule has 72 valence electrons. The molecule has 1 aromatic heterocycles. The van der Waals surface area contributed by atoms with Gasteiger partial charge in [0.15, 0.2) is 5.78 Å². The van der Waals surface area contributed by atoms with E-state index in [0.29, 0.717) is 12.3 Å². The van der Waals surface area contributed by atoms with Gasteiger partial charge >= 0.3 is 0 Å². The molecule has 1 heterocycles. The summed E-state index contributed by atoms with van der Waals surface area (Å²) in [4.78, 5) is 12.5. The van der Waals surface area contributed by atoms with E-state index in [1.165, 1.54) is 0 Å². The summed E-state index contributed by atoms with van der Waals surface area (Å²) in [5.74, 6) is 0.524. The molecule has 0 aromatic carbocycles. The second-order valence-electron chi connectivity index (χ2n) is 3.56. The first-order chi connectivity index (χ1) is 6.11. The molecule has 0 aliphatic carbocycles. The fraction of sp³-hybridized carbons (Fsp3) is 0.500. The van der Waals surface area contributed by atoms with Crippen molar-refractivity contribution in [2.75, 3.05) is 0 Å². The lowest BCUT2D eigenvalue weighted by Gasteiger charge is -2.09. The molecule has 0 spiro atoms. The van der Waals surface area contributed by atoms with Crippen LogP contribution >= 0.6 is 11.3 Å². The first-order valence-electron chi connectivity index (χ1n) is 4.43. The van der Waals surface area contributed by atoms with Crippen LogP contribution in [0.25, 0.3) is 0 Å². The van der Waals surface area contributed by atoms with Gasteiger partial charge in [-0.1, -0.05) is 19.9 Å². The summed E-state index contributed by atoms with van der Waals surface area (Å²) in [6.45, 7) is 4.05. The predicted octanol–water partition coefficient (Wildman–Crippen LogP) is 2.36. The first kappa shape index (κ1) is 10.4. The SMILES string of the molecule is CC(C)CC(=O)C(N)c1cccs1. The molecule has 1 rings (SSSR count). The molecule has 2 nitrogen and oxygen atoms in total. The second kappa shape index (κ2) is 4.53. The van der Waals surface area contributed by atoms with Gasteiger partial charge in [-0.2, -0.15) is 0 Å². The minimum atomic E-state index is -0.414. The Morgan fingerprint density at radius 3 is 2.77 bits per heavy atom. The summed E-state index contributed by atoms with van der Waals surface area (Å²) >= 11 is 1.54. The fourth-order valence-electron chi connectivity index (χ4n) is 1.16. The molecule has 0 amide bonds. The Labute approximate surface area is 82.8 Å². The molecule has 0 saturated heterocycles. The third-order valence-electron chi connectivity index (χ3n) is 1.81. The predicted molar refractivity (Wildman–Crippen MR) is 55.7 cm³/mol. The Hall–Kier alpha value is -0.670. The van der Waals surface area contributed by atoms with Crippen molar-refractivity contribution >= 4 is 17.1 Å². The summed E-state index contributed by atoms with van der Waals surface area (Å²) in [6, 6.07) is 3.41. The number of hydrogen-bond acceptors (Lipinski definition) is 3. The number of Topliss-reactive ketones (excluding diaryl/α,β-unsaturated/α-hetero) is 1. The average molecular weight is 197 g/mol. The van der Waals surface area contributed by atoms with Crippen molar-refractivity contribution in [3.63, 3.8) is 0 Å². The van der Waals surface area contributed by atoms with Gasteiger partial charge in [0.2, 0.25) is 0 Å². The molecule has 2 N–H and O–H groups in total. The lowest BCUT2D eigenvalue weighted by atomic mass is 10.0. The van der Waals surface area contributed by atoms with Crippen molar-refractivity contribution in [1.82, 2.24) is 0 Å². The minimum Gasteiger partial charge on any atom is -0.317 e. The molecule has 0 aliphatic rings. The highest BCUT2D eigenvalue weighted by Gasteiger charge is 2.17. The third-order valence-corrected chi connectivity index (χ3v) is 2.76. The average Bonchev–Trinajstić information content (AvgIpc) is 2.53. The monoisotopic (exact) mass is 197 g/mol. The maximum Gasteiger partial charge on any atom is 0.155 e. The van der Waals surface area contributed by atoms with Gasteiger partial charge in [-0.3, -0.25) is 4.79 Å². The summed E-state index contributed by atoms with van der Waals surface area (Å²) in [5, 5.41) is 1.94. The zero-order chi connectivity index (χ0) is 9.84. The summed E-state index contributed by atoms with van der Waals surface area (Å²) < 4.78 is 0. The van der Waals surface area contributed by atoms with E-state index >= 15 is 0 Å². The molecule has 0 radical (unpaired) electrons. The van der Waals surface area contributed by atoms with Crippen LogP contribution in [0, 0.1) is 5.92 Å². The van der Waals surface area contributed by atoms with Gasteiger partial charge < -0.3 is 5.73 Å². The van der Waals surface area contributed by atoms with Crippen LogP contribution in [-0.2, 0) is 4.79 Å². The topological polar surface area (TPSA) is 43.1 Å². The number of nitrogens with two attached hydrogens (primary N) is 1. The van der Waals surface area contributed by atoms with E-state index < -0.39 is 6.04 Å². The van der Waals surface area contributed by atoms with E-state index in [9.17, 15) is 4.79 Å². The summed E-state index contributed by atoms with van der Waals surface area (Å²) in [7, 11) is 0. The van der Waals surface area contributed by atoms with Gasteiger partial charge in [-0.05, 0) is 17.4 Å². The van der Waals surface area contributed by atoms with Crippen LogP contribution in [0.1, 0.15) is 31.2 Å². The highest BCUT2D eigenvalue weighted by molar-refractivity contribution is 7.10. The van der Waals surface area contributed by atoms with Gasteiger partial charge in [0.1, 0.15) is 0 Å². The van der Waals surface area contributed by atoms with E-state index in [0.717, 1.165) is 4.88 Å². The molecule has 13 heavy (non-hydrogen) atoms. The molecule has 3 heteroatoms. The molecule has 1 unspecified atom stereocenters. The number of ketones is 1. The minimum absolute atomic E-state index is 0.137. The zero-order valence-corrected chi connectivity index (χ0v) is 8.80. The van der Waals surface area contributed by atoms with Crippen LogP contribution in [0.5, 0.6) is 0 Å². The van der Waals surface area contributed by atoms with E-state index in [-0.39, 0.29) is 5.78 Å². The standard InChI is InChI=1S/C10H15NOS/c1-7(2)6-8(12)10(11)9-4-3-5-13-9/h3-5,7,10H,6,11H2,1-2H3. The Kier molecular flexibility index (Phi) is 3.63. The van der Waals surface area contributed by atoms with Crippen molar-refractivity contribution in [3.8, 4) is 0 Å². The van der Waals surface area contributed by atoms with E-state index in [4.69, 9.17) is 5.73 Å². The van der Waals surface area contributed by atoms with Gasteiger partial charge in [0.05, 0.1) is 6.04 Å². The van der Waals surface area contributed by atoms with Gasteiger partial charge in [0.25, 0.3) is 0 Å². The van der Waals surface area contributed by atoms with Crippen LogP contribution in [-0.4, -0.2) is 5.78 Å². The number of carbonyl (C=O) groups excluding carboxylic acids is 1. The second-order valence-corrected chi connectivity index (χ2v) is 4.54. The molecule has 0 fully saturated rings. The van der Waals surface area contributed by atoms with Crippen LogP contribution < -0.4 is 5.73 Å².